The third-order valence-electron chi connectivity index (χ3n) is 2.08. The highest BCUT2D eigenvalue weighted by Gasteiger charge is 2.20. The number of rotatable bonds is 1. The highest BCUT2D eigenvalue weighted by Crippen LogP contribution is 2.38. The van der Waals surface area contributed by atoms with E-state index in [2.05, 4.69) is 36.7 Å². The molecule has 78 valence electrons. The summed E-state index contributed by atoms with van der Waals surface area (Å²) in [5, 5.41) is 9.49. The SMILES string of the molecule is COc1cc(O)c(Br)cc1C(C)(C)C. The summed E-state index contributed by atoms with van der Waals surface area (Å²) < 4.78 is 5.92. The van der Waals surface area contributed by atoms with Gasteiger partial charge in [0.2, 0.25) is 0 Å². The Bertz CT molecular complexity index is 340. The quantitative estimate of drug-likeness (QED) is 0.836. The van der Waals surface area contributed by atoms with Crippen LogP contribution in [0.25, 0.3) is 0 Å². The second-order valence-electron chi connectivity index (χ2n) is 4.25. The second kappa shape index (κ2) is 3.81. The zero-order chi connectivity index (χ0) is 10.9. The number of ether oxygens (including phenoxy) is 1. The number of benzene rings is 1. The predicted octanol–water partition coefficient (Wildman–Crippen LogP) is 3.46. The lowest BCUT2D eigenvalue weighted by Crippen LogP contribution is -2.12. The fourth-order valence-corrected chi connectivity index (χ4v) is 1.64. The maximum atomic E-state index is 9.49. The van der Waals surface area contributed by atoms with Gasteiger partial charge in [-0.1, -0.05) is 20.8 Å². The van der Waals surface area contributed by atoms with E-state index in [1.165, 1.54) is 0 Å². The van der Waals surface area contributed by atoms with Crippen LogP contribution < -0.4 is 4.74 Å². The van der Waals surface area contributed by atoms with E-state index in [-0.39, 0.29) is 11.2 Å². The first-order chi connectivity index (χ1) is 6.36. The lowest BCUT2D eigenvalue weighted by Gasteiger charge is -2.22. The minimum absolute atomic E-state index is 0.00155. The van der Waals surface area contributed by atoms with Crippen LogP contribution in [0.3, 0.4) is 0 Å². The predicted molar refractivity (Wildman–Crippen MR) is 61.1 cm³/mol. The standard InChI is InChI=1S/C11H15BrO2/c1-11(2,3)7-5-8(12)9(13)6-10(7)14-4/h5-6,13H,1-4H3. The topological polar surface area (TPSA) is 29.5 Å². The summed E-state index contributed by atoms with van der Waals surface area (Å²) in [6.07, 6.45) is 0. The van der Waals surface area contributed by atoms with E-state index in [9.17, 15) is 5.11 Å². The number of phenols is 1. The lowest BCUT2D eigenvalue weighted by molar-refractivity contribution is 0.390. The molecule has 0 unspecified atom stereocenters. The second-order valence-corrected chi connectivity index (χ2v) is 5.11. The lowest BCUT2D eigenvalue weighted by atomic mass is 9.86. The molecular formula is C11H15BrO2. The van der Waals surface area contributed by atoms with Crippen molar-refractivity contribution in [2.24, 2.45) is 0 Å². The van der Waals surface area contributed by atoms with E-state index >= 15 is 0 Å². The Hall–Kier alpha value is -0.700. The molecule has 0 spiro atoms. The van der Waals surface area contributed by atoms with E-state index in [4.69, 9.17) is 4.74 Å². The summed E-state index contributed by atoms with van der Waals surface area (Å²) in [7, 11) is 1.61. The van der Waals surface area contributed by atoms with Crippen molar-refractivity contribution in [2.45, 2.75) is 26.2 Å². The van der Waals surface area contributed by atoms with Crippen LogP contribution in [0.5, 0.6) is 11.5 Å². The fourth-order valence-electron chi connectivity index (χ4n) is 1.30. The molecule has 14 heavy (non-hydrogen) atoms. The molecule has 0 aromatic heterocycles. The first kappa shape index (κ1) is 11.4. The molecule has 0 aliphatic rings. The molecule has 0 amide bonds. The Balaban J connectivity index is 3.35. The summed E-state index contributed by atoms with van der Waals surface area (Å²) in [6, 6.07) is 3.53. The van der Waals surface area contributed by atoms with Gasteiger partial charge in [0.1, 0.15) is 11.5 Å². The fraction of sp³-hybridized carbons (Fsp3) is 0.455. The molecule has 0 aliphatic heterocycles. The van der Waals surface area contributed by atoms with Crippen LogP contribution in [0.1, 0.15) is 26.3 Å². The Kier molecular flexibility index (Phi) is 3.10. The Morgan fingerprint density at radius 2 is 1.86 bits per heavy atom. The van der Waals surface area contributed by atoms with Crippen molar-refractivity contribution in [3.63, 3.8) is 0 Å². The average molecular weight is 259 g/mol. The van der Waals surface area contributed by atoms with Crippen molar-refractivity contribution < 1.29 is 9.84 Å². The van der Waals surface area contributed by atoms with Crippen molar-refractivity contribution >= 4 is 15.9 Å². The molecule has 0 saturated carbocycles. The molecule has 0 aliphatic carbocycles. The van der Waals surface area contributed by atoms with Gasteiger partial charge in [0.15, 0.2) is 0 Å². The van der Waals surface area contributed by atoms with Crippen LogP contribution in [0.2, 0.25) is 0 Å². The highest BCUT2D eigenvalue weighted by atomic mass is 79.9. The van der Waals surface area contributed by atoms with Gasteiger partial charge in [-0.3, -0.25) is 0 Å². The molecule has 0 heterocycles. The van der Waals surface area contributed by atoms with E-state index in [0.29, 0.717) is 4.47 Å². The van der Waals surface area contributed by atoms with Crippen LogP contribution in [0.4, 0.5) is 0 Å². The normalized spacial score (nSPS) is 11.5. The van der Waals surface area contributed by atoms with E-state index in [1.807, 2.05) is 6.07 Å². The Morgan fingerprint density at radius 1 is 1.29 bits per heavy atom. The van der Waals surface area contributed by atoms with Crippen molar-refractivity contribution in [3.8, 4) is 11.5 Å². The summed E-state index contributed by atoms with van der Waals surface area (Å²) in [5.74, 6) is 0.924. The molecule has 1 rings (SSSR count). The van der Waals surface area contributed by atoms with Crippen LogP contribution in [-0.4, -0.2) is 12.2 Å². The number of hydrogen-bond acceptors (Lipinski definition) is 2. The molecule has 0 bridgehead atoms. The van der Waals surface area contributed by atoms with Gasteiger partial charge in [-0.25, -0.2) is 0 Å². The summed E-state index contributed by atoms with van der Waals surface area (Å²) in [6.45, 7) is 6.32. The first-order valence-corrected chi connectivity index (χ1v) is 5.22. The molecule has 0 radical (unpaired) electrons. The molecule has 1 aromatic rings. The average Bonchev–Trinajstić information content (AvgIpc) is 2.07. The highest BCUT2D eigenvalue weighted by molar-refractivity contribution is 9.10. The smallest absolute Gasteiger partial charge is 0.133 e. The van der Waals surface area contributed by atoms with Crippen LogP contribution in [0, 0.1) is 0 Å². The monoisotopic (exact) mass is 258 g/mol. The number of halogens is 1. The van der Waals surface area contributed by atoms with Crippen LogP contribution in [0.15, 0.2) is 16.6 Å². The number of methoxy groups -OCH3 is 1. The van der Waals surface area contributed by atoms with Crippen molar-refractivity contribution in [2.75, 3.05) is 7.11 Å². The van der Waals surface area contributed by atoms with Gasteiger partial charge in [0.05, 0.1) is 11.6 Å². The molecule has 3 heteroatoms. The zero-order valence-electron chi connectivity index (χ0n) is 8.89. The van der Waals surface area contributed by atoms with Gasteiger partial charge >= 0.3 is 0 Å². The Morgan fingerprint density at radius 3 is 2.29 bits per heavy atom. The Labute approximate surface area is 93.0 Å². The molecule has 0 fully saturated rings. The van der Waals surface area contributed by atoms with Gasteiger partial charge in [-0.2, -0.15) is 0 Å². The molecular weight excluding hydrogens is 244 g/mol. The summed E-state index contributed by atoms with van der Waals surface area (Å²) in [5.41, 5.74) is 1.08. The largest absolute Gasteiger partial charge is 0.507 e. The summed E-state index contributed by atoms with van der Waals surface area (Å²) in [4.78, 5) is 0. The molecule has 2 nitrogen and oxygen atoms in total. The molecule has 0 saturated heterocycles. The number of aromatic hydroxyl groups is 1. The van der Waals surface area contributed by atoms with Crippen LogP contribution >= 0.6 is 15.9 Å². The third kappa shape index (κ3) is 2.21. The van der Waals surface area contributed by atoms with E-state index in [1.54, 1.807) is 13.2 Å². The summed E-state index contributed by atoms with van der Waals surface area (Å²) >= 11 is 3.30. The molecule has 1 N–H and O–H groups in total. The van der Waals surface area contributed by atoms with Crippen molar-refractivity contribution in [1.82, 2.24) is 0 Å². The van der Waals surface area contributed by atoms with Crippen molar-refractivity contribution in [1.29, 1.82) is 0 Å². The molecule has 0 atom stereocenters. The molecule has 1 aromatic carbocycles. The zero-order valence-corrected chi connectivity index (χ0v) is 10.5. The minimum Gasteiger partial charge on any atom is -0.507 e. The van der Waals surface area contributed by atoms with E-state index in [0.717, 1.165) is 11.3 Å². The third-order valence-corrected chi connectivity index (χ3v) is 2.71. The number of hydrogen-bond donors (Lipinski definition) is 1. The van der Waals surface area contributed by atoms with Gasteiger partial charge in [0, 0.05) is 11.6 Å². The van der Waals surface area contributed by atoms with Gasteiger partial charge in [-0.15, -0.1) is 0 Å². The minimum atomic E-state index is 0.00155. The van der Waals surface area contributed by atoms with Gasteiger partial charge in [0.25, 0.3) is 0 Å². The maximum Gasteiger partial charge on any atom is 0.133 e. The maximum absolute atomic E-state index is 9.49. The van der Waals surface area contributed by atoms with Gasteiger partial charge < -0.3 is 9.84 Å². The first-order valence-electron chi connectivity index (χ1n) is 4.43. The van der Waals surface area contributed by atoms with E-state index < -0.39 is 0 Å². The van der Waals surface area contributed by atoms with Crippen molar-refractivity contribution in [3.05, 3.63) is 22.2 Å². The van der Waals surface area contributed by atoms with Crippen LogP contribution in [-0.2, 0) is 5.41 Å². The number of phenolic OH excluding ortho intramolecular Hbond substituents is 1. The van der Waals surface area contributed by atoms with Gasteiger partial charge in [-0.05, 0) is 27.4 Å².